The van der Waals surface area contributed by atoms with Crippen molar-refractivity contribution in [1.82, 2.24) is 19.6 Å². The number of amides is 2. The average Bonchev–Trinajstić information content (AvgIpc) is 3.28. The molecular formula is C18H26N4O4S. The van der Waals surface area contributed by atoms with Crippen LogP contribution in [0.1, 0.15) is 54.7 Å². The van der Waals surface area contributed by atoms with Gasteiger partial charge in [0.1, 0.15) is 11.6 Å². The Bertz CT molecular complexity index is 727. The summed E-state index contributed by atoms with van der Waals surface area (Å²) in [6.45, 7) is 4.93. The van der Waals surface area contributed by atoms with Gasteiger partial charge in [0.05, 0.1) is 23.8 Å². The highest BCUT2D eigenvalue weighted by Gasteiger charge is 2.38. The first-order chi connectivity index (χ1) is 12.9. The molecule has 9 heteroatoms. The number of carboxylic acid groups (broad SMARTS) is 1. The highest BCUT2D eigenvalue weighted by Crippen LogP contribution is 2.28. The van der Waals surface area contributed by atoms with Gasteiger partial charge in [-0.1, -0.05) is 6.92 Å². The molecule has 1 aromatic rings. The van der Waals surface area contributed by atoms with Crippen LogP contribution in [0.2, 0.25) is 0 Å². The molecule has 3 rings (SSSR count). The molecular weight excluding hydrogens is 368 g/mol. The summed E-state index contributed by atoms with van der Waals surface area (Å²) >= 11 is 1.63. The third-order valence-corrected chi connectivity index (χ3v) is 6.36. The van der Waals surface area contributed by atoms with Gasteiger partial charge in [-0.15, -0.1) is 11.8 Å². The van der Waals surface area contributed by atoms with Gasteiger partial charge >= 0.3 is 5.97 Å². The highest BCUT2D eigenvalue weighted by molar-refractivity contribution is 7.99. The SMILES string of the molecule is CCCC(=O)N1CSCC1C(=O)N1CCC(n2ncc(C(=O)O)c2C)CC1. The van der Waals surface area contributed by atoms with Crippen LogP contribution < -0.4 is 0 Å². The van der Waals surface area contributed by atoms with Crippen molar-refractivity contribution in [2.75, 3.05) is 24.7 Å². The van der Waals surface area contributed by atoms with Crippen molar-refractivity contribution in [3.63, 3.8) is 0 Å². The molecule has 2 saturated heterocycles. The van der Waals surface area contributed by atoms with Crippen molar-refractivity contribution in [3.8, 4) is 0 Å². The van der Waals surface area contributed by atoms with Gasteiger partial charge in [0.15, 0.2) is 0 Å². The number of hydrogen-bond donors (Lipinski definition) is 1. The van der Waals surface area contributed by atoms with E-state index in [-0.39, 0.29) is 29.5 Å². The molecule has 3 heterocycles. The summed E-state index contributed by atoms with van der Waals surface area (Å²) in [4.78, 5) is 40.0. The van der Waals surface area contributed by atoms with Crippen molar-refractivity contribution in [3.05, 3.63) is 17.5 Å². The van der Waals surface area contributed by atoms with Crippen LogP contribution in [0, 0.1) is 6.92 Å². The van der Waals surface area contributed by atoms with Gasteiger partial charge in [-0.25, -0.2) is 4.79 Å². The predicted molar refractivity (Wildman–Crippen MR) is 102 cm³/mol. The number of hydrogen-bond acceptors (Lipinski definition) is 5. The van der Waals surface area contributed by atoms with Gasteiger partial charge in [-0.2, -0.15) is 5.10 Å². The molecule has 0 spiro atoms. The van der Waals surface area contributed by atoms with Crippen LogP contribution in [-0.2, 0) is 9.59 Å². The molecule has 27 heavy (non-hydrogen) atoms. The first-order valence-corrected chi connectivity index (χ1v) is 10.5. The number of carbonyl (C=O) groups excluding carboxylic acids is 2. The van der Waals surface area contributed by atoms with Gasteiger partial charge in [-0.05, 0) is 26.2 Å². The summed E-state index contributed by atoms with van der Waals surface area (Å²) in [5, 5.41) is 13.4. The van der Waals surface area contributed by atoms with E-state index in [2.05, 4.69) is 5.10 Å². The van der Waals surface area contributed by atoms with E-state index in [4.69, 9.17) is 0 Å². The summed E-state index contributed by atoms with van der Waals surface area (Å²) in [7, 11) is 0. The van der Waals surface area contributed by atoms with Gasteiger partial charge in [0, 0.05) is 25.3 Å². The molecule has 8 nitrogen and oxygen atoms in total. The number of piperidine rings is 1. The van der Waals surface area contributed by atoms with Crippen LogP contribution in [0.4, 0.5) is 0 Å². The number of carbonyl (C=O) groups is 3. The molecule has 2 fully saturated rings. The highest BCUT2D eigenvalue weighted by atomic mass is 32.2. The number of carboxylic acids is 1. The Morgan fingerprint density at radius 2 is 2.00 bits per heavy atom. The van der Waals surface area contributed by atoms with E-state index in [9.17, 15) is 19.5 Å². The Kier molecular flexibility index (Phi) is 6.08. The topological polar surface area (TPSA) is 95.7 Å². The molecule has 2 aliphatic heterocycles. The summed E-state index contributed by atoms with van der Waals surface area (Å²) in [6.07, 6.45) is 4.12. The number of aromatic carboxylic acids is 1. The van der Waals surface area contributed by atoms with Crippen LogP contribution >= 0.6 is 11.8 Å². The van der Waals surface area contributed by atoms with E-state index in [0.717, 1.165) is 19.3 Å². The normalized spacial score (nSPS) is 20.9. The average molecular weight is 394 g/mol. The Labute approximate surface area is 162 Å². The van der Waals surface area contributed by atoms with E-state index in [1.807, 2.05) is 11.8 Å². The minimum Gasteiger partial charge on any atom is -0.478 e. The van der Waals surface area contributed by atoms with Crippen molar-refractivity contribution in [1.29, 1.82) is 0 Å². The largest absolute Gasteiger partial charge is 0.478 e. The second kappa shape index (κ2) is 8.33. The fourth-order valence-electron chi connectivity index (χ4n) is 3.79. The van der Waals surface area contributed by atoms with Crippen LogP contribution in [0.15, 0.2) is 6.20 Å². The molecule has 1 atom stereocenters. The monoisotopic (exact) mass is 394 g/mol. The lowest BCUT2D eigenvalue weighted by Crippen LogP contribution is -2.51. The third kappa shape index (κ3) is 3.97. The fraction of sp³-hybridized carbons (Fsp3) is 0.667. The number of rotatable bonds is 5. The smallest absolute Gasteiger partial charge is 0.339 e. The maximum absolute atomic E-state index is 12.9. The summed E-state index contributed by atoms with van der Waals surface area (Å²) < 4.78 is 1.77. The van der Waals surface area contributed by atoms with E-state index < -0.39 is 5.97 Å². The number of nitrogens with zero attached hydrogens (tertiary/aromatic N) is 4. The molecule has 1 unspecified atom stereocenters. The van der Waals surface area contributed by atoms with Crippen molar-refractivity contribution in [2.45, 2.75) is 51.6 Å². The van der Waals surface area contributed by atoms with Crippen molar-refractivity contribution in [2.24, 2.45) is 0 Å². The Morgan fingerprint density at radius 3 is 2.59 bits per heavy atom. The zero-order valence-electron chi connectivity index (χ0n) is 15.8. The molecule has 0 aromatic carbocycles. The molecule has 1 N–H and O–H groups in total. The van der Waals surface area contributed by atoms with Crippen LogP contribution in [-0.4, -0.2) is 73.2 Å². The molecule has 1 aromatic heterocycles. The van der Waals surface area contributed by atoms with Gasteiger partial charge in [-0.3, -0.25) is 14.3 Å². The molecule has 148 valence electrons. The van der Waals surface area contributed by atoms with Crippen molar-refractivity contribution >= 4 is 29.5 Å². The van der Waals surface area contributed by atoms with E-state index in [1.54, 1.807) is 28.3 Å². The molecule has 2 aliphatic rings. The van der Waals surface area contributed by atoms with E-state index in [0.29, 0.717) is 36.8 Å². The van der Waals surface area contributed by atoms with Crippen LogP contribution in [0.5, 0.6) is 0 Å². The fourth-order valence-corrected chi connectivity index (χ4v) is 4.97. The number of likely N-dealkylation sites (tertiary alicyclic amines) is 1. The number of aromatic nitrogens is 2. The Hall–Kier alpha value is -2.03. The molecule has 2 amide bonds. The van der Waals surface area contributed by atoms with Gasteiger partial charge in [0.25, 0.3) is 0 Å². The Balaban J connectivity index is 1.61. The molecule has 0 radical (unpaired) electrons. The molecule has 0 saturated carbocycles. The Morgan fingerprint density at radius 1 is 1.30 bits per heavy atom. The summed E-state index contributed by atoms with van der Waals surface area (Å²) in [5.74, 6) is 0.377. The first-order valence-electron chi connectivity index (χ1n) is 9.37. The maximum Gasteiger partial charge on any atom is 0.339 e. The second-order valence-electron chi connectivity index (χ2n) is 7.08. The van der Waals surface area contributed by atoms with Gasteiger partial charge < -0.3 is 14.9 Å². The zero-order valence-corrected chi connectivity index (χ0v) is 16.6. The third-order valence-electron chi connectivity index (χ3n) is 5.35. The second-order valence-corrected chi connectivity index (χ2v) is 8.08. The lowest BCUT2D eigenvalue weighted by Gasteiger charge is -2.35. The number of thioether (sulfide) groups is 1. The lowest BCUT2D eigenvalue weighted by atomic mass is 10.0. The quantitative estimate of drug-likeness (QED) is 0.817. The zero-order chi connectivity index (χ0) is 19.6. The van der Waals surface area contributed by atoms with Gasteiger partial charge in [0.2, 0.25) is 11.8 Å². The van der Waals surface area contributed by atoms with E-state index >= 15 is 0 Å². The maximum atomic E-state index is 12.9. The minimum atomic E-state index is -0.970. The minimum absolute atomic E-state index is 0.0336. The van der Waals surface area contributed by atoms with Crippen LogP contribution in [0.25, 0.3) is 0 Å². The lowest BCUT2D eigenvalue weighted by molar-refractivity contribution is -0.144. The molecule has 0 bridgehead atoms. The predicted octanol–water partition coefficient (Wildman–Crippen LogP) is 1.75. The van der Waals surface area contributed by atoms with Crippen LogP contribution in [0.3, 0.4) is 0 Å². The summed E-state index contributed by atoms with van der Waals surface area (Å²) in [5.41, 5.74) is 0.873. The first kappa shape index (κ1) is 19.7. The van der Waals surface area contributed by atoms with Crippen molar-refractivity contribution < 1.29 is 19.5 Å². The van der Waals surface area contributed by atoms with E-state index in [1.165, 1.54) is 6.20 Å². The summed E-state index contributed by atoms with van der Waals surface area (Å²) in [6, 6.07) is -0.256. The molecule has 0 aliphatic carbocycles. The standard InChI is InChI=1S/C18H26N4O4S/c1-3-4-16(23)21-11-27-10-15(21)17(24)20-7-5-13(6-8-20)22-12(2)14(9-19-22)18(25)26/h9,13,15H,3-8,10-11H2,1-2H3,(H,25,26).